The van der Waals surface area contributed by atoms with E-state index in [1.54, 1.807) is 24.3 Å². The van der Waals surface area contributed by atoms with Crippen LogP contribution in [0.4, 0.5) is 5.82 Å². The molecule has 2 amide bonds. The number of aryl methyl sites for hydroxylation is 1. The standard InChI is InChI=1S/C35H40N4O5.C6H9NO2/c1-7-11-32(41)30-14-10-15-33(34(30)26(6)40)44-19-17-42-16-18-43-23(3)20-31-29(8-2)25(5)38-39-35(31)37-22-28-13-9-12-27(21-36)24(28)4;1-4-2-3-5(8)7-6(4)9/h8-10,12-15,20H,3,7,11,16-19,22H2,1-2,4-6H3,(H,37,39);4H,2-3H2,1H3,(H,7,8,9)/b29-8-,31-20+;. The molecule has 0 bridgehead atoms. The monoisotopic (exact) mass is 723 g/mol. The largest absolute Gasteiger partial charge is 0.492 e. The van der Waals surface area contributed by atoms with Crippen LogP contribution < -0.4 is 25.8 Å². The molecular formula is C41H49N5O7. The molecule has 2 aromatic carbocycles. The molecule has 0 radical (unpaired) electrons. The van der Waals surface area contributed by atoms with Gasteiger partial charge in [-0.25, -0.2) is 0 Å². The van der Waals surface area contributed by atoms with Gasteiger partial charge in [0.25, 0.3) is 0 Å². The first-order valence-corrected chi connectivity index (χ1v) is 17.7. The van der Waals surface area contributed by atoms with Gasteiger partial charge in [0.1, 0.15) is 24.7 Å². The topological polar surface area (TPSA) is 170 Å². The summed E-state index contributed by atoms with van der Waals surface area (Å²) in [5, 5.41) is 25.3. The molecule has 1 fully saturated rings. The molecule has 12 heteroatoms. The van der Waals surface area contributed by atoms with Crippen LogP contribution in [0.3, 0.4) is 0 Å². The van der Waals surface area contributed by atoms with Crippen molar-refractivity contribution in [2.75, 3.05) is 31.7 Å². The van der Waals surface area contributed by atoms with Crippen molar-refractivity contribution in [3.8, 4) is 11.8 Å². The van der Waals surface area contributed by atoms with Gasteiger partial charge in [0.05, 0.1) is 36.1 Å². The SMILES string of the molecule is C=C(/C=c1/c(NCc2cccc(C#N)c2C)nnc(C)/c1=C/C)OCCOCCOc1cccc(C(=O)CCC)c1C(C)=O.CC1CCC(=O)NC1=O. The number of anilines is 1. The number of piperidine rings is 1. The number of nitrogens with zero attached hydrogens (tertiary/aromatic N) is 3. The number of imide groups is 1. The molecule has 12 nitrogen and oxygen atoms in total. The highest BCUT2D eigenvalue weighted by molar-refractivity contribution is 6.09. The van der Waals surface area contributed by atoms with E-state index in [0.717, 1.165) is 27.3 Å². The highest BCUT2D eigenvalue weighted by Gasteiger charge is 2.22. The van der Waals surface area contributed by atoms with Gasteiger partial charge in [0.2, 0.25) is 11.8 Å². The van der Waals surface area contributed by atoms with Crippen LogP contribution in [0.15, 0.2) is 48.7 Å². The fraction of sp³-hybridized carbons (Fsp3) is 0.390. The number of rotatable bonds is 16. The number of carbonyl (C=O) groups excluding carboxylic acids is 4. The van der Waals surface area contributed by atoms with Gasteiger partial charge in [-0.15, -0.1) is 5.10 Å². The third kappa shape index (κ3) is 12.2. The predicted octanol–water partition coefficient (Wildman–Crippen LogP) is 5.03. The van der Waals surface area contributed by atoms with E-state index in [4.69, 9.17) is 14.2 Å². The molecule has 2 N–H and O–H groups in total. The number of nitriles is 1. The molecule has 1 aliphatic heterocycles. The molecule has 3 aromatic rings. The van der Waals surface area contributed by atoms with E-state index in [1.165, 1.54) is 6.92 Å². The van der Waals surface area contributed by atoms with E-state index < -0.39 is 0 Å². The lowest BCUT2D eigenvalue weighted by Crippen LogP contribution is -2.39. The zero-order valence-corrected chi connectivity index (χ0v) is 31.5. The molecule has 1 aliphatic rings. The molecule has 4 rings (SSSR count). The Morgan fingerprint density at radius 2 is 1.81 bits per heavy atom. The Bertz CT molecular complexity index is 1980. The van der Waals surface area contributed by atoms with Crippen molar-refractivity contribution in [2.24, 2.45) is 5.92 Å². The fourth-order valence-corrected chi connectivity index (χ4v) is 5.53. The van der Waals surface area contributed by atoms with Crippen LogP contribution in [0.1, 0.15) is 96.5 Å². The Balaban J connectivity index is 0.000000731. The summed E-state index contributed by atoms with van der Waals surface area (Å²) in [6.45, 7) is 16.5. The Labute approximate surface area is 310 Å². The fourth-order valence-electron chi connectivity index (χ4n) is 5.53. The molecule has 280 valence electrons. The number of benzene rings is 2. The number of ketones is 2. The normalized spacial score (nSPS) is 14.4. The number of allylic oxidation sites excluding steroid dienone is 1. The summed E-state index contributed by atoms with van der Waals surface area (Å²) in [4.78, 5) is 45.9. The molecule has 1 unspecified atom stereocenters. The van der Waals surface area contributed by atoms with E-state index in [9.17, 15) is 24.4 Å². The minimum absolute atomic E-state index is 0.0164. The Kier molecular flexibility index (Phi) is 16.5. The summed E-state index contributed by atoms with van der Waals surface area (Å²) in [6, 6.07) is 12.9. The van der Waals surface area contributed by atoms with Crippen LogP contribution >= 0.6 is 0 Å². The van der Waals surface area contributed by atoms with Crippen LogP contribution in [0.25, 0.3) is 12.2 Å². The van der Waals surface area contributed by atoms with Gasteiger partial charge >= 0.3 is 0 Å². The van der Waals surface area contributed by atoms with Crippen molar-refractivity contribution >= 4 is 41.4 Å². The quantitative estimate of drug-likeness (QED) is 0.0880. The molecule has 1 atom stereocenters. The first-order valence-electron chi connectivity index (χ1n) is 17.7. The third-order valence-corrected chi connectivity index (χ3v) is 8.51. The van der Waals surface area contributed by atoms with Gasteiger partial charge < -0.3 is 19.5 Å². The predicted molar refractivity (Wildman–Crippen MR) is 202 cm³/mol. The average molecular weight is 724 g/mol. The Morgan fingerprint density at radius 3 is 2.47 bits per heavy atom. The van der Waals surface area contributed by atoms with Crippen molar-refractivity contribution in [1.29, 1.82) is 5.26 Å². The lowest BCUT2D eigenvalue weighted by molar-refractivity contribution is -0.135. The maximum atomic E-state index is 12.5. The number of hydrogen-bond acceptors (Lipinski definition) is 11. The van der Waals surface area contributed by atoms with Gasteiger partial charge in [-0.3, -0.25) is 24.5 Å². The molecule has 53 heavy (non-hydrogen) atoms. The van der Waals surface area contributed by atoms with Gasteiger partial charge in [-0.2, -0.15) is 10.4 Å². The maximum absolute atomic E-state index is 12.5. The number of amides is 2. The molecule has 0 saturated carbocycles. The lowest BCUT2D eigenvalue weighted by Gasteiger charge is -2.15. The van der Waals surface area contributed by atoms with Gasteiger partial charge in [-0.05, 0) is 69.9 Å². The summed E-state index contributed by atoms with van der Waals surface area (Å²) >= 11 is 0. The molecular weight excluding hydrogens is 674 g/mol. The Morgan fingerprint density at radius 1 is 1.08 bits per heavy atom. The van der Waals surface area contributed by atoms with E-state index in [0.29, 0.717) is 72.9 Å². The summed E-state index contributed by atoms with van der Waals surface area (Å²) in [7, 11) is 0. The lowest BCUT2D eigenvalue weighted by atomic mass is 9.97. The highest BCUT2D eigenvalue weighted by Crippen LogP contribution is 2.25. The van der Waals surface area contributed by atoms with Gasteiger partial charge in [0.15, 0.2) is 17.4 Å². The van der Waals surface area contributed by atoms with Crippen molar-refractivity contribution < 1.29 is 33.4 Å². The van der Waals surface area contributed by atoms with Crippen molar-refractivity contribution in [1.82, 2.24) is 15.5 Å². The van der Waals surface area contributed by atoms with Crippen molar-refractivity contribution in [2.45, 2.75) is 73.8 Å². The van der Waals surface area contributed by atoms with E-state index in [-0.39, 0.29) is 49.1 Å². The first kappa shape index (κ1) is 41.7. The van der Waals surface area contributed by atoms with Crippen molar-refractivity contribution in [3.05, 3.63) is 92.7 Å². The highest BCUT2D eigenvalue weighted by atomic mass is 16.5. The number of aromatic nitrogens is 2. The van der Waals surface area contributed by atoms with E-state index in [1.807, 2.05) is 58.9 Å². The van der Waals surface area contributed by atoms with Gasteiger partial charge in [0, 0.05) is 41.3 Å². The number of carbonyl (C=O) groups is 4. The summed E-state index contributed by atoms with van der Waals surface area (Å²) in [5.74, 6) is 0.851. The smallest absolute Gasteiger partial charge is 0.229 e. The second kappa shape index (κ2) is 21.0. The zero-order chi connectivity index (χ0) is 38.9. The summed E-state index contributed by atoms with van der Waals surface area (Å²) in [5.41, 5.74) is 4.03. The van der Waals surface area contributed by atoms with Crippen LogP contribution in [-0.2, 0) is 25.6 Å². The maximum Gasteiger partial charge on any atom is 0.229 e. The number of Topliss-reactive ketones (excluding diaryl/α,β-unsaturated/α-hetero) is 2. The van der Waals surface area contributed by atoms with Gasteiger partial charge in [-0.1, -0.05) is 50.8 Å². The second-order valence-electron chi connectivity index (χ2n) is 12.5. The molecule has 2 heterocycles. The average Bonchev–Trinajstić information content (AvgIpc) is 3.13. The van der Waals surface area contributed by atoms with Crippen LogP contribution in [0.2, 0.25) is 0 Å². The number of hydrogen-bond donors (Lipinski definition) is 2. The summed E-state index contributed by atoms with van der Waals surface area (Å²) in [6.07, 6.45) is 6.05. The van der Waals surface area contributed by atoms with E-state index >= 15 is 0 Å². The van der Waals surface area contributed by atoms with Crippen molar-refractivity contribution in [3.63, 3.8) is 0 Å². The van der Waals surface area contributed by atoms with E-state index in [2.05, 4.69) is 33.5 Å². The molecule has 0 aliphatic carbocycles. The second-order valence-corrected chi connectivity index (χ2v) is 12.5. The Hall–Kier alpha value is -5.67. The molecule has 1 saturated heterocycles. The minimum atomic E-state index is -0.214. The summed E-state index contributed by atoms with van der Waals surface area (Å²) < 4.78 is 17.3. The first-order chi connectivity index (χ1) is 25.4. The zero-order valence-electron chi connectivity index (χ0n) is 31.5. The molecule has 0 spiro atoms. The van der Waals surface area contributed by atoms with Crippen LogP contribution in [0.5, 0.6) is 5.75 Å². The third-order valence-electron chi connectivity index (χ3n) is 8.51. The van der Waals surface area contributed by atoms with Crippen LogP contribution in [0, 0.1) is 31.1 Å². The minimum Gasteiger partial charge on any atom is -0.492 e. The van der Waals surface area contributed by atoms with Crippen LogP contribution in [-0.4, -0.2) is 60.0 Å². The number of ether oxygens (including phenoxy) is 3. The molecule has 1 aromatic heterocycles. The number of nitrogens with one attached hydrogen (secondary N) is 2.